The lowest BCUT2D eigenvalue weighted by Gasteiger charge is -2.11. The molecule has 0 aliphatic heterocycles. The second kappa shape index (κ2) is 7.61. The smallest absolute Gasteiger partial charge is 0.282 e. The van der Waals surface area contributed by atoms with Crippen LogP contribution in [0.25, 0.3) is 15.9 Å². The molecule has 0 amide bonds. The summed E-state index contributed by atoms with van der Waals surface area (Å²) in [6.07, 6.45) is 7.68. The SMILES string of the molecule is Cc1ccc(-n2c(C)cc(/C=N\n3cnc4sc5c(c4c3=O)CCCC5)c2C)cc1C. The Hall–Kier alpha value is -2.99. The van der Waals surface area contributed by atoms with E-state index in [0.717, 1.165) is 52.1 Å². The molecule has 5 nitrogen and oxygen atoms in total. The largest absolute Gasteiger partial charge is 0.318 e. The average molecular weight is 431 g/mol. The highest BCUT2D eigenvalue weighted by molar-refractivity contribution is 7.18. The van der Waals surface area contributed by atoms with Crippen molar-refractivity contribution in [3.8, 4) is 5.69 Å². The minimum atomic E-state index is -0.0661. The first-order valence-electron chi connectivity index (χ1n) is 10.8. The van der Waals surface area contributed by atoms with E-state index in [0.29, 0.717) is 0 Å². The van der Waals surface area contributed by atoms with Gasteiger partial charge >= 0.3 is 0 Å². The Morgan fingerprint density at radius 3 is 2.68 bits per heavy atom. The number of hydrogen-bond donors (Lipinski definition) is 0. The van der Waals surface area contributed by atoms with Crippen LogP contribution in [0.5, 0.6) is 0 Å². The molecule has 0 unspecified atom stereocenters. The fourth-order valence-corrected chi connectivity index (χ4v) is 5.74. The maximum atomic E-state index is 13.1. The molecular weight excluding hydrogens is 404 g/mol. The number of hydrogen-bond acceptors (Lipinski definition) is 4. The number of benzene rings is 1. The molecule has 1 aromatic carbocycles. The molecule has 0 atom stereocenters. The Bertz CT molecular complexity index is 1400. The van der Waals surface area contributed by atoms with Crippen LogP contribution in [0.4, 0.5) is 0 Å². The number of aryl methyl sites for hydroxylation is 5. The van der Waals surface area contributed by atoms with E-state index in [1.165, 1.54) is 32.7 Å². The van der Waals surface area contributed by atoms with E-state index in [-0.39, 0.29) is 5.56 Å². The molecule has 3 heterocycles. The van der Waals surface area contributed by atoms with Crippen molar-refractivity contribution in [2.24, 2.45) is 5.10 Å². The predicted octanol–water partition coefficient (Wildman–Crippen LogP) is 5.24. The highest BCUT2D eigenvalue weighted by atomic mass is 32.1. The van der Waals surface area contributed by atoms with E-state index in [1.807, 2.05) is 0 Å². The van der Waals surface area contributed by atoms with Crippen molar-refractivity contribution in [1.29, 1.82) is 0 Å². The maximum absolute atomic E-state index is 13.1. The maximum Gasteiger partial charge on any atom is 0.282 e. The summed E-state index contributed by atoms with van der Waals surface area (Å²) >= 11 is 1.66. The molecule has 4 aromatic rings. The van der Waals surface area contributed by atoms with Crippen LogP contribution >= 0.6 is 11.3 Å². The predicted molar refractivity (Wildman–Crippen MR) is 128 cm³/mol. The van der Waals surface area contributed by atoms with Gasteiger partial charge in [-0.2, -0.15) is 9.78 Å². The van der Waals surface area contributed by atoms with Crippen LogP contribution < -0.4 is 5.56 Å². The normalized spacial score (nSPS) is 13.9. The zero-order chi connectivity index (χ0) is 21.7. The first kappa shape index (κ1) is 19.9. The zero-order valence-corrected chi connectivity index (χ0v) is 19.2. The lowest BCUT2D eigenvalue weighted by Crippen LogP contribution is -2.18. The van der Waals surface area contributed by atoms with Crippen molar-refractivity contribution in [2.45, 2.75) is 53.4 Å². The van der Waals surface area contributed by atoms with Gasteiger partial charge in [0.2, 0.25) is 0 Å². The number of aromatic nitrogens is 3. The molecule has 0 saturated carbocycles. The molecule has 0 saturated heterocycles. The van der Waals surface area contributed by atoms with Gasteiger partial charge in [-0.15, -0.1) is 11.3 Å². The van der Waals surface area contributed by atoms with E-state index >= 15 is 0 Å². The van der Waals surface area contributed by atoms with Crippen LogP contribution in [0.2, 0.25) is 0 Å². The van der Waals surface area contributed by atoms with E-state index in [4.69, 9.17) is 0 Å². The molecule has 6 heteroatoms. The molecule has 0 fully saturated rings. The summed E-state index contributed by atoms with van der Waals surface area (Å²) in [7, 11) is 0. The Kier molecular flexibility index (Phi) is 4.89. The molecule has 0 radical (unpaired) electrons. The molecule has 3 aromatic heterocycles. The Morgan fingerprint density at radius 2 is 1.87 bits per heavy atom. The first-order chi connectivity index (χ1) is 14.9. The third kappa shape index (κ3) is 3.35. The fourth-order valence-electron chi connectivity index (χ4n) is 4.52. The Balaban J connectivity index is 1.54. The quantitative estimate of drug-likeness (QED) is 0.417. The average Bonchev–Trinajstić information content (AvgIpc) is 3.27. The Labute approximate surface area is 185 Å². The lowest BCUT2D eigenvalue weighted by molar-refractivity contribution is 0.699. The van der Waals surface area contributed by atoms with E-state index in [2.05, 4.69) is 66.6 Å². The summed E-state index contributed by atoms with van der Waals surface area (Å²) in [6, 6.07) is 8.61. The summed E-state index contributed by atoms with van der Waals surface area (Å²) in [6.45, 7) is 8.44. The molecule has 1 aliphatic carbocycles. The van der Waals surface area contributed by atoms with Gasteiger partial charge in [0.25, 0.3) is 5.56 Å². The van der Waals surface area contributed by atoms with Crippen molar-refractivity contribution in [3.05, 3.63) is 79.5 Å². The topological polar surface area (TPSA) is 52.2 Å². The second-order valence-corrected chi connectivity index (χ2v) is 9.54. The third-order valence-corrected chi connectivity index (χ3v) is 7.60. The summed E-state index contributed by atoms with van der Waals surface area (Å²) in [5.41, 5.74) is 8.05. The molecule has 0 bridgehead atoms. The summed E-state index contributed by atoms with van der Waals surface area (Å²) < 4.78 is 3.61. The van der Waals surface area contributed by atoms with E-state index in [1.54, 1.807) is 23.9 Å². The molecule has 5 rings (SSSR count). The van der Waals surface area contributed by atoms with Gasteiger partial charge in [-0.25, -0.2) is 4.98 Å². The highest BCUT2D eigenvalue weighted by Crippen LogP contribution is 2.33. The van der Waals surface area contributed by atoms with Gasteiger partial charge in [0.15, 0.2) is 0 Å². The van der Waals surface area contributed by atoms with Crippen molar-refractivity contribution in [3.63, 3.8) is 0 Å². The van der Waals surface area contributed by atoms with Gasteiger partial charge < -0.3 is 4.57 Å². The minimum absolute atomic E-state index is 0.0661. The van der Waals surface area contributed by atoms with Gasteiger partial charge in [-0.1, -0.05) is 6.07 Å². The van der Waals surface area contributed by atoms with Crippen molar-refractivity contribution in [1.82, 2.24) is 14.2 Å². The minimum Gasteiger partial charge on any atom is -0.318 e. The van der Waals surface area contributed by atoms with Gasteiger partial charge in [0.05, 0.1) is 11.6 Å². The van der Waals surface area contributed by atoms with Crippen LogP contribution in [0.1, 0.15) is 51.4 Å². The Morgan fingerprint density at radius 1 is 1.06 bits per heavy atom. The number of fused-ring (bicyclic) bond motifs is 3. The van der Waals surface area contributed by atoms with Crippen LogP contribution in [0.15, 0.2) is 40.5 Å². The third-order valence-electron chi connectivity index (χ3n) is 6.40. The van der Waals surface area contributed by atoms with Crippen molar-refractivity contribution >= 4 is 27.8 Å². The van der Waals surface area contributed by atoms with Crippen LogP contribution in [0.3, 0.4) is 0 Å². The number of thiophene rings is 1. The van der Waals surface area contributed by atoms with E-state index < -0.39 is 0 Å². The van der Waals surface area contributed by atoms with Gasteiger partial charge in [-0.3, -0.25) is 4.79 Å². The summed E-state index contributed by atoms with van der Waals surface area (Å²) in [4.78, 5) is 19.8. The number of nitrogens with zero attached hydrogens (tertiary/aromatic N) is 4. The molecule has 0 spiro atoms. The van der Waals surface area contributed by atoms with Crippen LogP contribution in [0, 0.1) is 27.7 Å². The monoisotopic (exact) mass is 430 g/mol. The number of rotatable bonds is 3. The van der Waals surface area contributed by atoms with E-state index in [9.17, 15) is 4.79 Å². The van der Waals surface area contributed by atoms with Crippen LogP contribution in [-0.2, 0) is 12.8 Å². The van der Waals surface area contributed by atoms with Gasteiger partial charge in [0.1, 0.15) is 11.2 Å². The van der Waals surface area contributed by atoms with Gasteiger partial charge in [0, 0.05) is 27.5 Å². The standard InChI is InChI=1S/C25H26N4OS/c1-15-9-10-20(11-16(15)2)29-17(3)12-19(18(29)4)13-27-28-14-26-24-23(25(28)30)21-7-5-6-8-22(21)31-24/h9-14H,5-8H2,1-4H3/b27-13-. The fraction of sp³-hybridized carbons (Fsp3) is 0.320. The lowest BCUT2D eigenvalue weighted by atomic mass is 9.97. The molecule has 1 aliphatic rings. The summed E-state index contributed by atoms with van der Waals surface area (Å²) in [5.74, 6) is 0. The highest BCUT2D eigenvalue weighted by Gasteiger charge is 2.20. The van der Waals surface area contributed by atoms with Crippen LogP contribution in [-0.4, -0.2) is 20.4 Å². The molecule has 158 valence electrons. The van der Waals surface area contributed by atoms with Gasteiger partial charge in [-0.05, 0) is 88.3 Å². The molecule has 31 heavy (non-hydrogen) atoms. The van der Waals surface area contributed by atoms with Crippen molar-refractivity contribution in [2.75, 3.05) is 0 Å². The zero-order valence-electron chi connectivity index (χ0n) is 18.4. The van der Waals surface area contributed by atoms with Crippen molar-refractivity contribution < 1.29 is 0 Å². The summed E-state index contributed by atoms with van der Waals surface area (Å²) in [5, 5.41) is 5.27. The molecule has 0 N–H and O–H groups in total. The first-order valence-corrected chi connectivity index (χ1v) is 11.6. The second-order valence-electron chi connectivity index (χ2n) is 8.46. The molecular formula is C25H26N4OS.